The number of esters is 2. The monoisotopic (exact) mass is 1460 g/mol. The van der Waals surface area contributed by atoms with Crippen molar-refractivity contribution in [2.24, 2.45) is 5.73 Å². The third-order valence-electron chi connectivity index (χ3n) is 14.9. The summed E-state index contributed by atoms with van der Waals surface area (Å²) in [7, 11) is 2.62. The number of nitrogens with zero attached hydrogens (tertiary/aromatic N) is 3. The summed E-state index contributed by atoms with van der Waals surface area (Å²) in [5.41, 5.74) is 6.95. The van der Waals surface area contributed by atoms with Gasteiger partial charge in [0.15, 0.2) is 0 Å². The van der Waals surface area contributed by atoms with E-state index in [1.165, 1.54) is 47.1 Å². The summed E-state index contributed by atoms with van der Waals surface area (Å²) in [5, 5.41) is 20.1. The summed E-state index contributed by atoms with van der Waals surface area (Å²) in [5.74, 6) is -0.913. The molecule has 6 atom stereocenters. The molecule has 24 heteroatoms. The van der Waals surface area contributed by atoms with Crippen molar-refractivity contribution in [1.82, 2.24) is 14.7 Å². The molecule has 99 heavy (non-hydrogen) atoms. The number of carbonyl (C=O) groups is 6. The van der Waals surface area contributed by atoms with E-state index in [1.807, 2.05) is 30.3 Å². The molecule has 0 saturated carbocycles. The van der Waals surface area contributed by atoms with Gasteiger partial charge in [0.05, 0.1) is 32.3 Å². The van der Waals surface area contributed by atoms with Crippen LogP contribution in [0.4, 0.5) is 27.6 Å². The van der Waals surface area contributed by atoms with E-state index in [2.05, 4.69) is 15.9 Å². The first-order valence-electron chi connectivity index (χ1n) is 32.1. The van der Waals surface area contributed by atoms with E-state index in [0.717, 1.165) is 16.7 Å². The molecule has 532 valence electrons. The van der Waals surface area contributed by atoms with Gasteiger partial charge in [-0.3, -0.25) is 19.5 Å². The third-order valence-corrected chi connectivity index (χ3v) is 15.5. The molecular formula is C75H93BrF3KN4O15. The minimum atomic E-state index is -0.750. The SMILES string of the molecule is CC(C)(C)OC(=O)N1[C@@H](c2ccc(OCc3ccccc3F)cc2)CC[C@H]1C(N)=O.CC(C)(C)[O-].COC(=O)[C@@H]1CC[C@H](c2ccc(O)cc2)N1C(=O)OC(C)(C)C.COC(=O)[C@@H]1CC[C@H](c2ccc(OCc3ccccc3F)cc2)N1C(=O)OC(C)(C)C.Fc1ccccc1CBr.[K+]. The standard InChI is InChI=1S/C24H28FNO5.C23H27FN2O4.C17H23NO5.C7H6BrF.C4H9O.K/c1-24(2,3)31-23(28)26-20(13-14-21(26)22(27)29-4)16-9-11-18(12-10-16)30-15-17-7-5-6-8-19(17)25;1-23(2,3)30-22(28)26-19(12-13-20(26)21(25)27)15-8-10-17(11-9-15)29-14-16-6-4-5-7-18(16)24;1-17(2,3)23-16(21)18-13(9-10-14(18)15(20)22-4)11-5-7-12(19)8-6-11;8-5-6-3-1-2-4-7(6)9;1-4(2,3)5;/h5-12,20-21H,13-15H2,1-4H3;4-11,19-20H,12-14H2,1-3H3,(H2,25,27);5-8,13-14,19H,9-10H2,1-4H3;1-4H,5H2;1-3H3;/q;;;;-1;+1/t20-,21+;19-,20+;13-,14+;;;/m111.../s1. The Morgan fingerprint density at radius 2 is 0.737 bits per heavy atom. The number of phenols is 1. The van der Waals surface area contributed by atoms with E-state index in [0.29, 0.717) is 72.0 Å². The maximum absolute atomic E-state index is 13.8. The van der Waals surface area contributed by atoms with Crippen LogP contribution >= 0.6 is 15.9 Å². The van der Waals surface area contributed by atoms with Gasteiger partial charge in [-0.15, -0.1) is 5.60 Å². The predicted molar refractivity (Wildman–Crippen MR) is 366 cm³/mol. The number of alkyl halides is 1. The van der Waals surface area contributed by atoms with E-state index in [4.69, 9.17) is 38.9 Å². The fraction of sp³-hybridized carbons (Fsp3) is 0.440. The maximum atomic E-state index is 13.8. The van der Waals surface area contributed by atoms with Gasteiger partial charge in [0.25, 0.3) is 0 Å². The number of likely N-dealkylation sites (tertiary alicyclic amines) is 3. The number of aromatic hydroxyl groups is 1. The molecule has 3 heterocycles. The fourth-order valence-electron chi connectivity index (χ4n) is 10.6. The molecule has 3 fully saturated rings. The average molecular weight is 1470 g/mol. The summed E-state index contributed by atoms with van der Waals surface area (Å²) in [4.78, 5) is 78.7. The van der Waals surface area contributed by atoms with Gasteiger partial charge in [-0.25, -0.2) is 37.1 Å². The van der Waals surface area contributed by atoms with Gasteiger partial charge < -0.3 is 49.1 Å². The molecule has 3 aliphatic heterocycles. The molecule has 3 aliphatic rings. The molecule has 0 aromatic heterocycles. The topological polar surface area (TPSA) is 246 Å². The summed E-state index contributed by atoms with van der Waals surface area (Å²) in [6, 6.07) is 37.7. The third kappa shape index (κ3) is 27.4. The Labute approximate surface area is 630 Å². The molecule has 19 nitrogen and oxygen atoms in total. The first kappa shape index (κ1) is 84.2. The zero-order valence-corrected chi connectivity index (χ0v) is 64.0. The van der Waals surface area contributed by atoms with Crippen LogP contribution in [0.1, 0.15) is 173 Å². The second-order valence-electron chi connectivity index (χ2n) is 27.3. The Morgan fingerprint density at radius 3 is 1.00 bits per heavy atom. The van der Waals surface area contributed by atoms with Gasteiger partial charge >= 0.3 is 81.6 Å². The minimum absolute atomic E-state index is 0. The van der Waals surface area contributed by atoms with Crippen molar-refractivity contribution in [2.75, 3.05) is 14.2 Å². The zero-order chi connectivity index (χ0) is 72.9. The Bertz CT molecular complexity index is 3580. The average Bonchev–Trinajstić information content (AvgIpc) is 1.68. The van der Waals surface area contributed by atoms with E-state index >= 15 is 0 Å². The number of ether oxygens (including phenoxy) is 7. The molecule has 6 aromatic carbocycles. The first-order chi connectivity index (χ1) is 45.9. The molecule has 0 unspecified atom stereocenters. The van der Waals surface area contributed by atoms with Gasteiger partial charge in [-0.05, 0) is 178 Å². The van der Waals surface area contributed by atoms with E-state index in [-0.39, 0.29) is 106 Å². The number of carbonyl (C=O) groups excluding carboxylic acids is 6. The molecule has 4 amide bonds. The van der Waals surface area contributed by atoms with E-state index in [1.54, 1.807) is 180 Å². The molecular weight excluding hydrogens is 1370 g/mol. The molecule has 3 saturated heterocycles. The van der Waals surface area contributed by atoms with Gasteiger partial charge in [0.1, 0.15) is 82.8 Å². The Kier molecular flexibility index (Phi) is 32.8. The quantitative estimate of drug-likeness (QED) is 0.0472. The number of nitrogens with two attached hydrogens (primary N) is 1. The number of phenolic OH excluding ortho intramolecular Hbond substituents is 1. The van der Waals surface area contributed by atoms with Crippen LogP contribution in [-0.4, -0.2) is 111 Å². The number of benzene rings is 6. The fourth-order valence-corrected chi connectivity index (χ4v) is 11.0. The van der Waals surface area contributed by atoms with E-state index in [9.17, 15) is 52.2 Å². The van der Waals surface area contributed by atoms with Crippen LogP contribution in [0.5, 0.6) is 17.2 Å². The number of halogens is 4. The second-order valence-corrected chi connectivity index (χ2v) is 27.8. The van der Waals surface area contributed by atoms with Gasteiger partial charge in [-0.1, -0.05) is 128 Å². The van der Waals surface area contributed by atoms with Crippen molar-refractivity contribution in [3.05, 3.63) is 196 Å². The molecule has 0 radical (unpaired) electrons. The Morgan fingerprint density at radius 1 is 0.465 bits per heavy atom. The number of primary amides is 1. The number of hydrogen-bond acceptors (Lipinski definition) is 15. The predicted octanol–water partition coefficient (Wildman–Crippen LogP) is 12.2. The normalized spacial score (nSPS) is 17.9. The Balaban J connectivity index is 0.000000287. The number of methoxy groups -OCH3 is 2. The van der Waals surface area contributed by atoms with Crippen molar-refractivity contribution in [1.29, 1.82) is 0 Å². The Hall–Kier alpha value is -7.19. The van der Waals surface area contributed by atoms with Crippen molar-refractivity contribution >= 4 is 52.1 Å². The van der Waals surface area contributed by atoms with Gasteiger partial charge in [-0.2, -0.15) is 0 Å². The second kappa shape index (κ2) is 38.6. The minimum Gasteiger partial charge on any atom is -0.850 e. The zero-order valence-electron chi connectivity index (χ0n) is 59.3. The summed E-state index contributed by atoms with van der Waals surface area (Å²) in [6.07, 6.45) is 1.66. The number of amides is 4. The van der Waals surface area contributed by atoms with Crippen LogP contribution in [0.15, 0.2) is 146 Å². The van der Waals surface area contributed by atoms with Crippen LogP contribution in [0, 0.1) is 17.5 Å². The van der Waals surface area contributed by atoms with Crippen LogP contribution in [0.25, 0.3) is 0 Å². The van der Waals surface area contributed by atoms with E-state index < -0.39 is 76.7 Å². The molecule has 0 aliphatic carbocycles. The molecule has 6 aromatic rings. The van der Waals surface area contributed by atoms with Gasteiger partial charge in [0, 0.05) is 16.5 Å². The largest absolute Gasteiger partial charge is 1.00 e. The molecule has 0 spiro atoms. The van der Waals surface area contributed by atoms with Crippen molar-refractivity contribution in [3.8, 4) is 17.2 Å². The first-order valence-corrected chi connectivity index (χ1v) is 33.2. The summed E-state index contributed by atoms with van der Waals surface area (Å²) >= 11 is 3.17. The van der Waals surface area contributed by atoms with Crippen LogP contribution in [-0.2, 0) is 56.6 Å². The smallest absolute Gasteiger partial charge is 0.850 e. The summed E-state index contributed by atoms with van der Waals surface area (Å²) < 4.78 is 77.6. The van der Waals surface area contributed by atoms with Crippen molar-refractivity contribution < 1.29 is 137 Å². The van der Waals surface area contributed by atoms with Gasteiger partial charge in [0.2, 0.25) is 5.91 Å². The van der Waals surface area contributed by atoms with Crippen LogP contribution in [0.3, 0.4) is 0 Å². The van der Waals surface area contributed by atoms with Crippen molar-refractivity contribution in [2.45, 2.75) is 199 Å². The van der Waals surface area contributed by atoms with Crippen molar-refractivity contribution in [3.63, 3.8) is 0 Å². The molecule has 0 bridgehead atoms. The van der Waals surface area contributed by atoms with Crippen LogP contribution in [0.2, 0.25) is 0 Å². The summed E-state index contributed by atoms with van der Waals surface area (Å²) in [6.45, 7) is 21.1. The number of rotatable bonds is 13. The maximum Gasteiger partial charge on any atom is 1.00 e. The molecule has 9 rings (SSSR count). The van der Waals surface area contributed by atoms with Crippen LogP contribution < -0.4 is 71.7 Å². The molecule has 3 N–H and O–H groups in total. The number of hydrogen-bond donors (Lipinski definition) is 2.